The molecule has 0 radical (unpaired) electrons. The van der Waals surface area contributed by atoms with E-state index in [1.54, 1.807) is 0 Å². The molecule has 0 amide bonds. The number of rotatable bonds is 0. The molecule has 0 N–H and O–H groups in total. The monoisotopic (exact) mass is 162 g/mol. The molecule has 1 aliphatic heterocycles. The molecule has 1 saturated heterocycles. The Morgan fingerprint density at radius 3 is 2.00 bits per heavy atom. The Morgan fingerprint density at radius 2 is 2.00 bits per heavy atom. The van der Waals surface area contributed by atoms with E-state index in [-0.39, 0.29) is 0 Å². The first-order valence-electron chi connectivity index (χ1n) is 1.86. The van der Waals surface area contributed by atoms with Crippen LogP contribution in [0.1, 0.15) is 0 Å². The summed E-state index contributed by atoms with van der Waals surface area (Å²) < 4.78 is 49.7. The third kappa shape index (κ3) is 0.616. The average Bonchev–Trinajstić information content (AvgIpc) is 1.68. The van der Waals surface area contributed by atoms with Crippen molar-refractivity contribution in [2.45, 2.75) is 5.98 Å². The second-order valence-corrected chi connectivity index (χ2v) is 7.82. The van der Waals surface area contributed by atoms with Gasteiger partial charge in [-0.25, -0.2) is 4.39 Å². The van der Waals surface area contributed by atoms with E-state index in [2.05, 4.69) is 4.43 Å². The SMILES string of the molecule is FC1O[SiH](F)[Si]1(F)F. The zero-order chi connectivity index (χ0) is 6.36. The lowest BCUT2D eigenvalue weighted by atomic mass is 11.6. The van der Waals surface area contributed by atoms with Gasteiger partial charge in [-0.2, -0.15) is 0 Å². The van der Waals surface area contributed by atoms with Gasteiger partial charge < -0.3 is 4.43 Å². The molecule has 8 heavy (non-hydrogen) atoms. The van der Waals surface area contributed by atoms with Crippen LogP contribution in [0.3, 0.4) is 0 Å². The Kier molecular flexibility index (Phi) is 1.21. The van der Waals surface area contributed by atoms with Crippen LogP contribution in [0.2, 0.25) is 0 Å². The fourth-order valence-corrected chi connectivity index (χ4v) is 2.74. The molecule has 0 aromatic carbocycles. The van der Waals surface area contributed by atoms with Gasteiger partial charge in [0.1, 0.15) is 0 Å². The average molecular weight is 162 g/mol. The molecule has 7 heteroatoms. The van der Waals surface area contributed by atoms with Gasteiger partial charge in [0.15, 0.2) is 0 Å². The number of hydrogen-bond donors (Lipinski definition) is 0. The van der Waals surface area contributed by atoms with Crippen molar-refractivity contribution in [3.63, 3.8) is 0 Å². The molecule has 1 heterocycles. The van der Waals surface area contributed by atoms with Gasteiger partial charge >= 0.3 is 17.2 Å². The molecule has 2 atom stereocenters. The van der Waals surface area contributed by atoms with Crippen LogP contribution in [0.4, 0.5) is 16.7 Å². The van der Waals surface area contributed by atoms with Gasteiger partial charge in [-0.1, -0.05) is 0 Å². The number of halogens is 4. The first-order chi connectivity index (χ1) is 3.55. The van der Waals surface area contributed by atoms with Crippen molar-refractivity contribution in [3.8, 4) is 0 Å². The van der Waals surface area contributed by atoms with Crippen LogP contribution in [0.25, 0.3) is 0 Å². The summed E-state index contributed by atoms with van der Waals surface area (Å²) in [4.78, 5) is 0. The van der Waals surface area contributed by atoms with E-state index in [0.29, 0.717) is 0 Å². The smallest absolute Gasteiger partial charge is 0.360 e. The van der Waals surface area contributed by atoms with E-state index < -0.39 is 23.1 Å². The van der Waals surface area contributed by atoms with Crippen molar-refractivity contribution in [2.75, 3.05) is 0 Å². The first kappa shape index (κ1) is 6.24. The quantitative estimate of drug-likeness (QED) is 0.286. The van der Waals surface area contributed by atoms with Crippen molar-refractivity contribution in [1.82, 2.24) is 0 Å². The van der Waals surface area contributed by atoms with Gasteiger partial charge in [-0.05, 0) is 0 Å². The fourth-order valence-electron chi connectivity index (χ4n) is 0.317. The summed E-state index contributed by atoms with van der Waals surface area (Å²) in [6, 6.07) is 0. The molecule has 2 unspecified atom stereocenters. The van der Waals surface area contributed by atoms with Gasteiger partial charge in [0.25, 0.3) is 0 Å². The molecule has 0 spiro atoms. The highest BCUT2D eigenvalue weighted by molar-refractivity contribution is 7.25. The molecule has 0 saturated carbocycles. The molecule has 0 bridgehead atoms. The lowest BCUT2D eigenvalue weighted by molar-refractivity contribution is 0.0697. The summed E-state index contributed by atoms with van der Waals surface area (Å²) in [5, 5.41) is 0. The van der Waals surface area contributed by atoms with Crippen LogP contribution in [-0.2, 0) is 4.43 Å². The minimum Gasteiger partial charge on any atom is -0.360 e. The Balaban J connectivity index is 2.52. The van der Waals surface area contributed by atoms with Gasteiger partial charge in [0, 0.05) is 0 Å². The molecule has 1 aliphatic rings. The van der Waals surface area contributed by atoms with Crippen LogP contribution in [-0.4, -0.2) is 23.1 Å². The van der Waals surface area contributed by atoms with E-state index >= 15 is 0 Å². The summed E-state index contributed by atoms with van der Waals surface area (Å²) in [5.74, 6) is -2.55. The van der Waals surface area contributed by atoms with Crippen molar-refractivity contribution in [2.24, 2.45) is 0 Å². The Morgan fingerprint density at radius 1 is 1.50 bits per heavy atom. The van der Waals surface area contributed by atoms with Crippen molar-refractivity contribution >= 4 is 17.2 Å². The van der Waals surface area contributed by atoms with E-state index in [1.165, 1.54) is 0 Å². The highest BCUT2D eigenvalue weighted by atomic mass is 29.3. The van der Waals surface area contributed by atoms with Gasteiger partial charge in [-0.15, -0.1) is 0 Å². The van der Waals surface area contributed by atoms with Gasteiger partial charge in [-0.3, -0.25) is 12.3 Å². The minimum atomic E-state index is -5.07. The van der Waals surface area contributed by atoms with Crippen molar-refractivity contribution in [3.05, 3.63) is 0 Å². The molecule has 48 valence electrons. The lowest BCUT2D eigenvalue weighted by Crippen LogP contribution is -2.64. The van der Waals surface area contributed by atoms with Gasteiger partial charge in [0.05, 0.1) is 0 Å². The van der Waals surface area contributed by atoms with E-state index in [0.717, 1.165) is 0 Å². The van der Waals surface area contributed by atoms with Gasteiger partial charge in [0.2, 0.25) is 5.98 Å². The third-order valence-corrected chi connectivity index (χ3v) is 5.95. The highest BCUT2D eigenvalue weighted by Gasteiger charge is 2.69. The number of hydrogen-bond acceptors (Lipinski definition) is 1. The molecular formula is CH2F4OSi2. The minimum absolute atomic E-state index is 2.55. The van der Waals surface area contributed by atoms with Crippen LogP contribution in [0.5, 0.6) is 0 Å². The van der Waals surface area contributed by atoms with E-state index in [4.69, 9.17) is 0 Å². The molecule has 1 rings (SSSR count). The van der Waals surface area contributed by atoms with E-state index in [9.17, 15) is 16.7 Å². The Labute approximate surface area is 45.3 Å². The zero-order valence-electron chi connectivity index (χ0n) is 3.57. The Bertz CT molecular complexity index is 96.2. The maximum atomic E-state index is 11.7. The zero-order valence-corrected chi connectivity index (χ0v) is 5.73. The molecule has 1 nitrogen and oxygen atoms in total. The summed E-state index contributed by atoms with van der Waals surface area (Å²) in [6.07, 6.45) is 0. The second kappa shape index (κ2) is 1.55. The third-order valence-electron chi connectivity index (χ3n) is 0.844. The summed E-state index contributed by atoms with van der Waals surface area (Å²) >= 11 is 0. The molecule has 0 aromatic rings. The molecule has 0 aliphatic carbocycles. The van der Waals surface area contributed by atoms with E-state index in [1.807, 2.05) is 0 Å². The van der Waals surface area contributed by atoms with Crippen LogP contribution < -0.4 is 0 Å². The lowest BCUT2D eigenvalue weighted by Gasteiger charge is -2.29. The maximum absolute atomic E-state index is 11.7. The van der Waals surface area contributed by atoms with Crippen LogP contribution in [0.15, 0.2) is 0 Å². The summed E-state index contributed by atoms with van der Waals surface area (Å²) in [5.41, 5.74) is 0. The predicted octanol–water partition coefficient (Wildman–Crippen LogP) is 0.501. The normalized spacial score (nSPS) is 43.5. The fraction of sp³-hybridized carbons (Fsp3) is 1.00. The van der Waals surface area contributed by atoms with Crippen molar-refractivity contribution < 1.29 is 21.1 Å². The predicted molar refractivity (Wildman–Crippen MR) is 22.2 cm³/mol. The van der Waals surface area contributed by atoms with Crippen LogP contribution in [0, 0.1) is 0 Å². The summed E-state index contributed by atoms with van der Waals surface area (Å²) in [6.45, 7) is 0. The Hall–Kier alpha value is 0.114. The number of alkyl halides is 1. The van der Waals surface area contributed by atoms with Crippen LogP contribution >= 0.6 is 0 Å². The topological polar surface area (TPSA) is 9.23 Å². The molecular weight excluding hydrogens is 160 g/mol. The summed E-state index contributed by atoms with van der Waals surface area (Å²) in [7, 11) is -8.88. The first-order valence-corrected chi connectivity index (χ1v) is 6.41. The maximum Gasteiger partial charge on any atom is 0.524 e. The highest BCUT2D eigenvalue weighted by Crippen LogP contribution is 2.31. The standard InChI is InChI=1S/CH2F4OSi2/c2-1-6-7(3)8(1,4)5/h1,7H. The van der Waals surface area contributed by atoms with Crippen molar-refractivity contribution in [1.29, 1.82) is 0 Å². The largest absolute Gasteiger partial charge is 0.524 e. The molecule has 0 aromatic heterocycles. The molecule has 1 fully saturated rings. The second-order valence-electron chi connectivity index (χ2n) is 1.44.